The van der Waals surface area contributed by atoms with Gasteiger partial charge in [0.25, 0.3) is 5.91 Å². The van der Waals surface area contributed by atoms with Gasteiger partial charge in [-0.3, -0.25) is 4.79 Å². The number of rotatable bonds is 3. The Labute approximate surface area is 146 Å². The van der Waals surface area contributed by atoms with E-state index in [2.05, 4.69) is 22.7 Å². The number of nitrogens with zero attached hydrogens (tertiary/aromatic N) is 1. The molecule has 5 nitrogen and oxygen atoms in total. The van der Waals surface area contributed by atoms with Crippen molar-refractivity contribution in [2.75, 3.05) is 13.1 Å². The number of benzene rings is 1. The maximum absolute atomic E-state index is 12.3. The van der Waals surface area contributed by atoms with Gasteiger partial charge in [0.05, 0.1) is 0 Å². The van der Waals surface area contributed by atoms with E-state index in [0.29, 0.717) is 16.6 Å². The Hall–Kier alpha value is -1.56. The second-order valence-electron chi connectivity index (χ2n) is 5.64. The third-order valence-electron chi connectivity index (χ3n) is 3.96. The van der Waals surface area contributed by atoms with Crippen LogP contribution < -0.4 is 10.6 Å². The number of carbonyl (C=O) groups is 1. The Bertz CT molecular complexity index is 675. The fraction of sp³-hybridized carbons (Fsp3) is 0.375. The number of hydrogen-bond acceptors (Lipinski definition) is 4. The maximum atomic E-state index is 12.3. The zero-order chi connectivity index (χ0) is 15.5. The summed E-state index contributed by atoms with van der Waals surface area (Å²) >= 11 is 5.97. The Morgan fingerprint density at radius 1 is 1.43 bits per heavy atom. The maximum Gasteiger partial charge on any atom is 0.290 e. The minimum Gasteiger partial charge on any atom is -0.350 e. The quantitative estimate of drug-likeness (QED) is 0.887. The normalized spacial score (nSPS) is 20.6. The lowest BCUT2D eigenvalue weighted by atomic mass is 9.95. The van der Waals surface area contributed by atoms with Crippen LogP contribution in [0.2, 0.25) is 5.02 Å². The van der Waals surface area contributed by atoms with Crippen molar-refractivity contribution < 1.29 is 9.32 Å². The minimum atomic E-state index is -0.223. The van der Waals surface area contributed by atoms with Gasteiger partial charge in [0.2, 0.25) is 5.76 Å². The Morgan fingerprint density at radius 3 is 3.00 bits per heavy atom. The summed E-state index contributed by atoms with van der Waals surface area (Å²) in [6.45, 7) is 3.95. The summed E-state index contributed by atoms with van der Waals surface area (Å²) < 4.78 is 5.18. The van der Waals surface area contributed by atoms with Gasteiger partial charge in [-0.15, -0.1) is 12.4 Å². The summed E-state index contributed by atoms with van der Waals surface area (Å²) in [7, 11) is 0. The lowest BCUT2D eigenvalue weighted by Crippen LogP contribution is -2.48. The van der Waals surface area contributed by atoms with Gasteiger partial charge in [0.1, 0.15) is 5.69 Å². The lowest BCUT2D eigenvalue weighted by molar-refractivity contribution is 0.0877. The Balaban J connectivity index is 0.00000192. The number of nitrogens with one attached hydrogen (secondary N) is 2. The van der Waals surface area contributed by atoms with Gasteiger partial charge in [0.15, 0.2) is 0 Å². The van der Waals surface area contributed by atoms with Crippen molar-refractivity contribution in [1.29, 1.82) is 0 Å². The van der Waals surface area contributed by atoms with Crippen molar-refractivity contribution >= 4 is 29.9 Å². The molecular formula is C16H19Cl2N3O2. The van der Waals surface area contributed by atoms with Crippen molar-refractivity contribution in [3.63, 3.8) is 0 Å². The third kappa shape index (κ3) is 4.25. The fourth-order valence-electron chi connectivity index (χ4n) is 2.63. The Morgan fingerprint density at radius 2 is 2.26 bits per heavy atom. The predicted molar refractivity (Wildman–Crippen MR) is 92.1 cm³/mol. The number of amides is 1. The first kappa shape index (κ1) is 17.8. The molecule has 2 heterocycles. The van der Waals surface area contributed by atoms with Gasteiger partial charge in [-0.1, -0.05) is 35.8 Å². The topological polar surface area (TPSA) is 67.2 Å². The smallest absolute Gasteiger partial charge is 0.290 e. The molecule has 3 rings (SSSR count). The van der Waals surface area contributed by atoms with Crippen LogP contribution in [0.3, 0.4) is 0 Å². The first-order chi connectivity index (χ1) is 10.6. The van der Waals surface area contributed by atoms with Gasteiger partial charge in [-0.25, -0.2) is 0 Å². The van der Waals surface area contributed by atoms with E-state index in [0.717, 1.165) is 25.1 Å². The molecule has 0 saturated carbocycles. The molecule has 1 aromatic carbocycles. The Kier molecular flexibility index (Phi) is 6.04. The van der Waals surface area contributed by atoms with Crippen molar-refractivity contribution in [3.8, 4) is 11.3 Å². The molecule has 7 heteroatoms. The van der Waals surface area contributed by atoms with E-state index in [4.69, 9.17) is 16.1 Å². The zero-order valence-corrected chi connectivity index (χ0v) is 14.3. The summed E-state index contributed by atoms with van der Waals surface area (Å²) in [5.41, 5.74) is 1.43. The molecule has 0 bridgehead atoms. The first-order valence-electron chi connectivity index (χ1n) is 7.38. The SMILES string of the molecule is CC1CNCCC1NC(=O)c1cc(-c2cccc(Cl)c2)no1.Cl. The second kappa shape index (κ2) is 7.81. The third-order valence-corrected chi connectivity index (χ3v) is 4.19. The van der Waals surface area contributed by atoms with Crippen LogP contribution in [-0.2, 0) is 0 Å². The molecule has 1 aliphatic heterocycles. The number of carbonyl (C=O) groups excluding carboxylic acids is 1. The molecule has 2 N–H and O–H groups in total. The monoisotopic (exact) mass is 355 g/mol. The number of piperidine rings is 1. The molecule has 1 saturated heterocycles. The van der Waals surface area contributed by atoms with Crippen LogP contribution >= 0.6 is 24.0 Å². The molecule has 0 spiro atoms. The molecule has 1 aromatic heterocycles. The summed E-state index contributed by atoms with van der Waals surface area (Å²) in [6.07, 6.45) is 0.919. The summed E-state index contributed by atoms with van der Waals surface area (Å²) in [6, 6.07) is 9.09. The van der Waals surface area contributed by atoms with Crippen LogP contribution in [0.15, 0.2) is 34.9 Å². The highest BCUT2D eigenvalue weighted by atomic mass is 35.5. The molecular weight excluding hydrogens is 337 g/mol. The molecule has 1 amide bonds. The zero-order valence-electron chi connectivity index (χ0n) is 12.7. The average molecular weight is 356 g/mol. The predicted octanol–water partition coefficient (Wildman–Crippen LogP) is 3.14. The van der Waals surface area contributed by atoms with E-state index in [-0.39, 0.29) is 30.1 Å². The van der Waals surface area contributed by atoms with Crippen molar-refractivity contribution in [2.24, 2.45) is 5.92 Å². The van der Waals surface area contributed by atoms with Crippen LogP contribution in [-0.4, -0.2) is 30.2 Å². The molecule has 0 radical (unpaired) electrons. The van der Waals surface area contributed by atoms with Crippen molar-refractivity contribution in [1.82, 2.24) is 15.8 Å². The van der Waals surface area contributed by atoms with Crippen LogP contribution in [0.25, 0.3) is 11.3 Å². The van der Waals surface area contributed by atoms with E-state index < -0.39 is 0 Å². The summed E-state index contributed by atoms with van der Waals surface area (Å²) in [5.74, 6) is 0.397. The summed E-state index contributed by atoms with van der Waals surface area (Å²) in [4.78, 5) is 12.3. The number of halogens is 2. The standard InChI is InChI=1S/C16H18ClN3O2.ClH/c1-10-9-18-6-5-13(10)19-16(21)15-8-14(20-22-15)11-3-2-4-12(17)7-11;/h2-4,7-8,10,13,18H,5-6,9H2,1H3,(H,19,21);1H. The molecule has 2 atom stereocenters. The van der Waals surface area contributed by atoms with E-state index in [9.17, 15) is 4.79 Å². The van der Waals surface area contributed by atoms with Gasteiger partial charge >= 0.3 is 0 Å². The lowest BCUT2D eigenvalue weighted by Gasteiger charge is -2.29. The average Bonchev–Trinajstić information content (AvgIpc) is 2.99. The molecule has 1 aliphatic rings. The molecule has 2 aromatic rings. The highest BCUT2D eigenvalue weighted by molar-refractivity contribution is 6.30. The van der Waals surface area contributed by atoms with Crippen LogP contribution in [0.1, 0.15) is 23.9 Å². The van der Waals surface area contributed by atoms with Crippen molar-refractivity contribution in [2.45, 2.75) is 19.4 Å². The molecule has 2 unspecified atom stereocenters. The van der Waals surface area contributed by atoms with Gasteiger partial charge < -0.3 is 15.2 Å². The highest BCUT2D eigenvalue weighted by Gasteiger charge is 2.24. The molecule has 23 heavy (non-hydrogen) atoms. The van der Waals surface area contributed by atoms with E-state index in [1.807, 2.05) is 12.1 Å². The van der Waals surface area contributed by atoms with Gasteiger partial charge in [0, 0.05) is 22.7 Å². The second-order valence-corrected chi connectivity index (χ2v) is 6.07. The van der Waals surface area contributed by atoms with Crippen molar-refractivity contribution in [3.05, 3.63) is 41.1 Å². The number of aromatic nitrogens is 1. The molecule has 124 valence electrons. The molecule has 1 fully saturated rings. The van der Waals surface area contributed by atoms with Crippen LogP contribution in [0.4, 0.5) is 0 Å². The van der Waals surface area contributed by atoms with E-state index in [1.165, 1.54) is 0 Å². The fourth-order valence-corrected chi connectivity index (χ4v) is 2.82. The number of hydrogen-bond donors (Lipinski definition) is 2. The minimum absolute atomic E-state index is 0. The van der Waals surface area contributed by atoms with E-state index >= 15 is 0 Å². The van der Waals surface area contributed by atoms with Crippen LogP contribution in [0, 0.1) is 5.92 Å². The largest absolute Gasteiger partial charge is 0.350 e. The first-order valence-corrected chi connectivity index (χ1v) is 7.75. The van der Waals surface area contributed by atoms with Gasteiger partial charge in [-0.05, 0) is 37.6 Å². The van der Waals surface area contributed by atoms with E-state index in [1.54, 1.807) is 18.2 Å². The van der Waals surface area contributed by atoms with Gasteiger partial charge in [-0.2, -0.15) is 0 Å². The van der Waals surface area contributed by atoms with Crippen LogP contribution in [0.5, 0.6) is 0 Å². The summed E-state index contributed by atoms with van der Waals surface area (Å²) in [5, 5.41) is 10.9. The highest BCUT2D eigenvalue weighted by Crippen LogP contribution is 2.22. The molecule has 0 aliphatic carbocycles.